The molecule has 0 saturated carbocycles. The van der Waals surface area contributed by atoms with E-state index in [0.29, 0.717) is 20.7 Å². The smallest absolute Gasteiger partial charge is 0.313 e. The van der Waals surface area contributed by atoms with Gasteiger partial charge in [0.25, 0.3) is 5.91 Å². The SMILES string of the molecule is Cc1[nH]ncc1C(=O)Nc1nnc(SCC(=O)O)s1. The fraction of sp³-hybridized carbons (Fsp3) is 0.222. The molecule has 0 spiro atoms. The summed E-state index contributed by atoms with van der Waals surface area (Å²) in [5, 5.41) is 25.4. The van der Waals surface area contributed by atoms with Gasteiger partial charge in [-0.3, -0.25) is 20.0 Å². The van der Waals surface area contributed by atoms with Gasteiger partial charge in [-0.15, -0.1) is 10.2 Å². The molecule has 0 fully saturated rings. The lowest BCUT2D eigenvalue weighted by Crippen LogP contribution is -2.12. The zero-order valence-corrected chi connectivity index (χ0v) is 11.3. The lowest BCUT2D eigenvalue weighted by atomic mass is 10.2. The first-order valence-electron chi connectivity index (χ1n) is 5.05. The minimum atomic E-state index is -0.931. The molecule has 0 bridgehead atoms. The maximum absolute atomic E-state index is 11.8. The third kappa shape index (κ3) is 3.51. The molecule has 0 aliphatic carbocycles. The van der Waals surface area contributed by atoms with E-state index in [0.717, 1.165) is 23.1 Å². The number of rotatable bonds is 5. The molecule has 2 heterocycles. The highest BCUT2D eigenvalue weighted by molar-refractivity contribution is 8.01. The van der Waals surface area contributed by atoms with Crippen LogP contribution in [0.4, 0.5) is 5.13 Å². The molecule has 8 nitrogen and oxygen atoms in total. The van der Waals surface area contributed by atoms with Crippen molar-refractivity contribution >= 4 is 40.1 Å². The fourth-order valence-electron chi connectivity index (χ4n) is 1.19. The van der Waals surface area contributed by atoms with Crippen molar-refractivity contribution in [1.82, 2.24) is 20.4 Å². The summed E-state index contributed by atoms with van der Waals surface area (Å²) in [4.78, 5) is 22.2. The molecular formula is C9H9N5O3S2. The number of nitrogens with one attached hydrogen (secondary N) is 2. The first-order valence-corrected chi connectivity index (χ1v) is 6.86. The number of aromatic amines is 1. The van der Waals surface area contributed by atoms with Crippen LogP contribution in [0.2, 0.25) is 0 Å². The van der Waals surface area contributed by atoms with Crippen molar-refractivity contribution in [2.75, 3.05) is 11.1 Å². The average molecular weight is 299 g/mol. The van der Waals surface area contributed by atoms with Gasteiger partial charge in [0, 0.05) is 5.69 Å². The normalized spacial score (nSPS) is 10.4. The fourth-order valence-corrected chi connectivity index (χ4v) is 2.65. The Labute approximate surface area is 115 Å². The number of amides is 1. The zero-order chi connectivity index (χ0) is 13.8. The van der Waals surface area contributed by atoms with Crippen LogP contribution in [0.15, 0.2) is 10.5 Å². The van der Waals surface area contributed by atoms with E-state index in [1.165, 1.54) is 6.20 Å². The molecule has 100 valence electrons. The van der Waals surface area contributed by atoms with E-state index in [9.17, 15) is 9.59 Å². The van der Waals surface area contributed by atoms with Crippen molar-refractivity contribution in [1.29, 1.82) is 0 Å². The van der Waals surface area contributed by atoms with Gasteiger partial charge in [0.05, 0.1) is 17.5 Å². The number of hydrogen-bond donors (Lipinski definition) is 3. The Morgan fingerprint density at radius 1 is 1.53 bits per heavy atom. The van der Waals surface area contributed by atoms with Crippen LogP contribution in [0.1, 0.15) is 16.1 Å². The van der Waals surface area contributed by atoms with Gasteiger partial charge < -0.3 is 5.11 Å². The number of nitrogens with zero attached hydrogens (tertiary/aromatic N) is 3. The molecule has 1 amide bonds. The number of carboxylic acids is 1. The van der Waals surface area contributed by atoms with Crippen molar-refractivity contribution in [3.8, 4) is 0 Å². The minimum Gasteiger partial charge on any atom is -0.481 e. The molecule has 0 atom stereocenters. The van der Waals surface area contributed by atoms with Crippen LogP contribution in [0.5, 0.6) is 0 Å². The molecule has 0 radical (unpaired) electrons. The van der Waals surface area contributed by atoms with Crippen LogP contribution in [0.25, 0.3) is 0 Å². The van der Waals surface area contributed by atoms with Gasteiger partial charge in [-0.1, -0.05) is 23.1 Å². The number of carbonyl (C=O) groups excluding carboxylic acids is 1. The predicted octanol–water partition coefficient (Wildman–Crippen LogP) is 0.999. The van der Waals surface area contributed by atoms with E-state index in [-0.39, 0.29) is 11.7 Å². The van der Waals surface area contributed by atoms with Crippen molar-refractivity contribution in [3.63, 3.8) is 0 Å². The Balaban J connectivity index is 1.98. The lowest BCUT2D eigenvalue weighted by Gasteiger charge is -1.98. The molecule has 2 rings (SSSR count). The Bertz CT molecular complexity index is 609. The van der Waals surface area contributed by atoms with E-state index >= 15 is 0 Å². The number of aryl methyl sites for hydroxylation is 1. The summed E-state index contributed by atoms with van der Waals surface area (Å²) < 4.78 is 0.488. The molecule has 2 aromatic heterocycles. The second-order valence-electron chi connectivity index (χ2n) is 3.42. The highest BCUT2D eigenvalue weighted by Crippen LogP contribution is 2.25. The van der Waals surface area contributed by atoms with E-state index in [2.05, 4.69) is 25.7 Å². The van der Waals surface area contributed by atoms with Crippen molar-refractivity contribution in [2.45, 2.75) is 11.3 Å². The molecule has 10 heteroatoms. The molecule has 0 saturated heterocycles. The van der Waals surface area contributed by atoms with Crippen LogP contribution in [0, 0.1) is 6.92 Å². The Morgan fingerprint density at radius 2 is 2.32 bits per heavy atom. The first-order chi connectivity index (χ1) is 9.06. The Kier molecular flexibility index (Phi) is 4.12. The number of thioether (sulfide) groups is 1. The van der Waals surface area contributed by atoms with E-state index < -0.39 is 5.97 Å². The summed E-state index contributed by atoms with van der Waals surface area (Å²) in [5.41, 5.74) is 1.08. The summed E-state index contributed by atoms with van der Waals surface area (Å²) >= 11 is 2.17. The maximum atomic E-state index is 11.8. The third-order valence-corrected chi connectivity index (χ3v) is 3.98. The molecule has 2 aromatic rings. The zero-order valence-electron chi connectivity index (χ0n) is 9.71. The van der Waals surface area contributed by atoms with Crippen LogP contribution in [-0.2, 0) is 4.79 Å². The van der Waals surface area contributed by atoms with Gasteiger partial charge in [0.1, 0.15) is 0 Å². The standard InChI is InChI=1S/C9H9N5O3S2/c1-4-5(2-10-12-4)7(17)11-8-13-14-9(19-8)18-3-6(15)16/h2H,3H2,1H3,(H,10,12)(H,15,16)(H,11,13,17). The van der Waals surface area contributed by atoms with Gasteiger partial charge in [-0.2, -0.15) is 5.10 Å². The number of aliphatic carboxylic acids is 1. The summed E-state index contributed by atoms with van der Waals surface area (Å²) in [5.74, 6) is -1.36. The van der Waals surface area contributed by atoms with Crippen LogP contribution < -0.4 is 5.32 Å². The van der Waals surface area contributed by atoms with Crippen LogP contribution >= 0.6 is 23.1 Å². The van der Waals surface area contributed by atoms with Crippen molar-refractivity contribution in [2.24, 2.45) is 0 Å². The largest absolute Gasteiger partial charge is 0.481 e. The van der Waals surface area contributed by atoms with Gasteiger partial charge >= 0.3 is 5.97 Å². The first kappa shape index (κ1) is 13.5. The number of anilines is 1. The van der Waals surface area contributed by atoms with E-state index in [1.54, 1.807) is 6.92 Å². The quantitative estimate of drug-likeness (QED) is 0.556. The van der Waals surface area contributed by atoms with Gasteiger partial charge in [-0.25, -0.2) is 0 Å². The highest BCUT2D eigenvalue weighted by atomic mass is 32.2. The van der Waals surface area contributed by atoms with Crippen LogP contribution in [-0.4, -0.2) is 43.1 Å². The lowest BCUT2D eigenvalue weighted by molar-refractivity contribution is -0.133. The second kappa shape index (κ2) is 5.80. The summed E-state index contributed by atoms with van der Waals surface area (Å²) in [6.07, 6.45) is 1.42. The average Bonchev–Trinajstić information content (AvgIpc) is 2.95. The predicted molar refractivity (Wildman–Crippen MR) is 69.5 cm³/mol. The number of carbonyl (C=O) groups is 2. The Morgan fingerprint density at radius 3 is 2.95 bits per heavy atom. The molecule has 0 aromatic carbocycles. The minimum absolute atomic E-state index is 0.0938. The topological polar surface area (TPSA) is 121 Å². The number of carboxylic acid groups (broad SMARTS) is 1. The number of hydrogen-bond acceptors (Lipinski definition) is 7. The number of aromatic nitrogens is 4. The Hall–Kier alpha value is -1.94. The van der Waals surface area contributed by atoms with Crippen molar-refractivity contribution < 1.29 is 14.7 Å². The van der Waals surface area contributed by atoms with Gasteiger partial charge in [-0.05, 0) is 6.92 Å². The molecular weight excluding hydrogens is 290 g/mol. The molecule has 0 aliphatic heterocycles. The number of H-pyrrole nitrogens is 1. The summed E-state index contributed by atoms with van der Waals surface area (Å²) in [7, 11) is 0. The van der Waals surface area contributed by atoms with E-state index in [4.69, 9.17) is 5.11 Å². The molecule has 3 N–H and O–H groups in total. The van der Waals surface area contributed by atoms with E-state index in [1.807, 2.05) is 0 Å². The van der Waals surface area contributed by atoms with Gasteiger partial charge in [0.2, 0.25) is 5.13 Å². The second-order valence-corrected chi connectivity index (χ2v) is 5.62. The van der Waals surface area contributed by atoms with Crippen molar-refractivity contribution in [3.05, 3.63) is 17.5 Å². The summed E-state index contributed by atoms with van der Waals surface area (Å²) in [6, 6.07) is 0. The third-order valence-electron chi connectivity index (χ3n) is 2.02. The molecule has 0 aliphatic rings. The van der Waals surface area contributed by atoms with Crippen LogP contribution in [0.3, 0.4) is 0 Å². The highest BCUT2D eigenvalue weighted by Gasteiger charge is 2.14. The molecule has 0 unspecified atom stereocenters. The summed E-state index contributed by atoms with van der Waals surface area (Å²) in [6.45, 7) is 1.73. The monoisotopic (exact) mass is 299 g/mol. The van der Waals surface area contributed by atoms with Gasteiger partial charge in [0.15, 0.2) is 4.34 Å². The molecule has 19 heavy (non-hydrogen) atoms. The maximum Gasteiger partial charge on any atom is 0.313 e.